The number of nitrogens with two attached hydrogens (primary N) is 1. The highest BCUT2D eigenvalue weighted by atomic mass is 35.5. The van der Waals surface area contributed by atoms with E-state index in [2.05, 4.69) is 40.7 Å². The van der Waals surface area contributed by atoms with Gasteiger partial charge < -0.3 is 20.9 Å². The SMILES string of the molecule is C=C1CCCCc2c(Cl)cc(N)cc2-c2ncc3c(nc(CCC)nc3c2F)N2CCCC(CCN1)C2.CN1CCCC1. The third-order valence-corrected chi connectivity index (χ3v) is 9.23. The van der Waals surface area contributed by atoms with E-state index in [0.717, 1.165) is 75.2 Å². The molecule has 0 aliphatic carbocycles. The number of nitrogen functional groups attached to an aromatic ring is 1. The average molecular weight is 608 g/mol. The van der Waals surface area contributed by atoms with Crippen molar-refractivity contribution < 1.29 is 4.39 Å². The largest absolute Gasteiger partial charge is 0.399 e. The highest BCUT2D eigenvalue weighted by molar-refractivity contribution is 6.32. The van der Waals surface area contributed by atoms with Crippen molar-refractivity contribution in [3.05, 3.63) is 52.8 Å². The molecule has 2 aromatic heterocycles. The average Bonchev–Trinajstić information content (AvgIpc) is 3.47. The third kappa shape index (κ3) is 7.76. The van der Waals surface area contributed by atoms with Crippen LogP contribution in [0.5, 0.6) is 0 Å². The van der Waals surface area contributed by atoms with Crippen LogP contribution >= 0.6 is 11.6 Å². The number of piperidine rings is 1. The topological polar surface area (TPSA) is 83.2 Å². The van der Waals surface area contributed by atoms with E-state index in [4.69, 9.17) is 27.3 Å². The number of anilines is 2. The smallest absolute Gasteiger partial charge is 0.175 e. The van der Waals surface area contributed by atoms with Gasteiger partial charge >= 0.3 is 0 Å². The van der Waals surface area contributed by atoms with Crippen molar-refractivity contribution in [2.24, 2.45) is 5.92 Å². The molecule has 0 radical (unpaired) electrons. The number of nitrogens with one attached hydrogen (secondary N) is 1. The number of aryl methyl sites for hydroxylation is 1. The number of benzene rings is 1. The van der Waals surface area contributed by atoms with Gasteiger partial charge in [-0.05, 0) is 108 Å². The summed E-state index contributed by atoms with van der Waals surface area (Å²) in [5, 5.41) is 4.73. The van der Waals surface area contributed by atoms with E-state index in [9.17, 15) is 0 Å². The van der Waals surface area contributed by atoms with Crippen molar-refractivity contribution in [2.45, 2.75) is 77.6 Å². The lowest BCUT2D eigenvalue weighted by Crippen LogP contribution is -2.37. The first-order valence-corrected chi connectivity index (χ1v) is 16.5. The normalized spacial score (nSPS) is 19.9. The van der Waals surface area contributed by atoms with Crippen molar-refractivity contribution in [3.8, 4) is 11.3 Å². The maximum atomic E-state index is 16.3. The minimum atomic E-state index is -0.436. The Bertz CT molecular complexity index is 1420. The van der Waals surface area contributed by atoms with E-state index >= 15 is 4.39 Å². The van der Waals surface area contributed by atoms with Crippen LogP contribution in [0.1, 0.15) is 76.1 Å². The molecule has 2 fully saturated rings. The van der Waals surface area contributed by atoms with Gasteiger partial charge in [0.25, 0.3) is 0 Å². The zero-order valence-corrected chi connectivity index (χ0v) is 26.7. The van der Waals surface area contributed by atoms with E-state index in [1.54, 1.807) is 18.3 Å². The van der Waals surface area contributed by atoms with Gasteiger partial charge in [0.15, 0.2) is 5.82 Å². The van der Waals surface area contributed by atoms with Gasteiger partial charge in [0.05, 0.1) is 5.39 Å². The molecule has 0 spiro atoms. The molecule has 232 valence electrons. The zero-order valence-electron chi connectivity index (χ0n) is 25.9. The molecule has 4 aliphatic rings. The van der Waals surface area contributed by atoms with Gasteiger partial charge in [-0.3, -0.25) is 4.98 Å². The van der Waals surface area contributed by atoms with Crippen LogP contribution in [0.25, 0.3) is 22.2 Å². The van der Waals surface area contributed by atoms with Gasteiger partial charge in [0, 0.05) is 54.2 Å². The van der Waals surface area contributed by atoms with Gasteiger partial charge in [-0.1, -0.05) is 25.1 Å². The lowest BCUT2D eigenvalue weighted by molar-refractivity contribution is 0.386. The van der Waals surface area contributed by atoms with Gasteiger partial charge in [-0.15, -0.1) is 0 Å². The van der Waals surface area contributed by atoms with Crippen molar-refractivity contribution in [3.63, 3.8) is 0 Å². The summed E-state index contributed by atoms with van der Waals surface area (Å²) in [7, 11) is 2.17. The molecule has 1 unspecified atom stereocenters. The van der Waals surface area contributed by atoms with Crippen LogP contribution in [-0.2, 0) is 12.8 Å². The van der Waals surface area contributed by atoms with Crippen LogP contribution < -0.4 is 16.0 Å². The molecule has 6 bridgehead atoms. The monoisotopic (exact) mass is 607 g/mol. The van der Waals surface area contributed by atoms with Crippen molar-refractivity contribution in [1.82, 2.24) is 25.2 Å². The number of aromatic nitrogens is 3. The number of likely N-dealkylation sites (tertiary alicyclic amines) is 1. The molecule has 4 aliphatic heterocycles. The molecule has 1 atom stereocenters. The Kier molecular flexibility index (Phi) is 10.7. The first kappa shape index (κ1) is 31.5. The molecule has 9 heteroatoms. The Morgan fingerprint density at radius 3 is 2.60 bits per heavy atom. The van der Waals surface area contributed by atoms with Crippen molar-refractivity contribution in [2.75, 3.05) is 50.4 Å². The van der Waals surface area contributed by atoms with Gasteiger partial charge in [-0.25, -0.2) is 14.4 Å². The van der Waals surface area contributed by atoms with Gasteiger partial charge in [0.2, 0.25) is 0 Å². The number of rotatable bonds is 2. The molecular weight excluding hydrogens is 561 g/mol. The summed E-state index contributed by atoms with van der Waals surface area (Å²) in [5.74, 6) is 1.57. The molecule has 3 N–H and O–H groups in total. The second kappa shape index (κ2) is 14.7. The van der Waals surface area contributed by atoms with E-state index < -0.39 is 5.82 Å². The Hall–Kier alpha value is -2.97. The molecular formula is C34H47ClFN7. The maximum absolute atomic E-state index is 16.3. The van der Waals surface area contributed by atoms with E-state index in [-0.39, 0.29) is 5.69 Å². The number of halogens is 2. The van der Waals surface area contributed by atoms with Gasteiger partial charge in [-0.2, -0.15) is 0 Å². The second-order valence-electron chi connectivity index (χ2n) is 12.4. The number of hydrogen-bond acceptors (Lipinski definition) is 7. The molecule has 1 aromatic carbocycles. The van der Waals surface area contributed by atoms with Crippen LogP contribution in [0, 0.1) is 11.7 Å². The highest BCUT2D eigenvalue weighted by Gasteiger charge is 2.26. The predicted octanol–water partition coefficient (Wildman–Crippen LogP) is 7.17. The van der Waals surface area contributed by atoms with Crippen LogP contribution in [0.3, 0.4) is 0 Å². The lowest BCUT2D eigenvalue weighted by atomic mass is 9.94. The Morgan fingerprint density at radius 2 is 1.86 bits per heavy atom. The minimum Gasteiger partial charge on any atom is -0.399 e. The predicted molar refractivity (Wildman–Crippen MR) is 177 cm³/mol. The summed E-state index contributed by atoms with van der Waals surface area (Å²) in [6.07, 6.45) is 12.9. The van der Waals surface area contributed by atoms with E-state index in [1.807, 2.05) is 0 Å². The van der Waals surface area contributed by atoms with Crippen LogP contribution in [0.15, 0.2) is 30.6 Å². The fourth-order valence-electron chi connectivity index (χ4n) is 6.52. The summed E-state index contributed by atoms with van der Waals surface area (Å²) < 4.78 is 16.3. The molecule has 3 aromatic rings. The molecule has 2 saturated heterocycles. The maximum Gasteiger partial charge on any atom is 0.175 e. The van der Waals surface area contributed by atoms with Gasteiger partial charge in [0.1, 0.15) is 22.9 Å². The fraction of sp³-hybridized carbons (Fsp3) is 0.559. The quantitative estimate of drug-likeness (QED) is 0.299. The van der Waals surface area contributed by atoms with Crippen molar-refractivity contribution >= 4 is 34.0 Å². The molecule has 0 amide bonds. The van der Waals surface area contributed by atoms with Crippen LogP contribution in [-0.4, -0.2) is 59.6 Å². The number of fused-ring (bicyclic) bond motifs is 8. The van der Waals surface area contributed by atoms with E-state index in [0.29, 0.717) is 51.8 Å². The number of hydrogen-bond donors (Lipinski definition) is 2. The minimum absolute atomic E-state index is 0.243. The molecule has 7 nitrogen and oxygen atoms in total. The summed E-state index contributed by atoms with van der Waals surface area (Å²) in [4.78, 5) is 18.9. The lowest BCUT2D eigenvalue weighted by Gasteiger charge is -2.34. The van der Waals surface area contributed by atoms with Crippen molar-refractivity contribution in [1.29, 1.82) is 0 Å². The summed E-state index contributed by atoms with van der Waals surface area (Å²) in [6.45, 7) is 11.7. The highest BCUT2D eigenvalue weighted by Crippen LogP contribution is 2.37. The molecule has 6 heterocycles. The summed E-state index contributed by atoms with van der Waals surface area (Å²) >= 11 is 6.65. The Morgan fingerprint density at radius 1 is 1.07 bits per heavy atom. The standard InChI is InChI=1S/C29H36ClFN6.C5H11N/c1-3-7-25-35-28-23-16-34-27(26(28)31)22-14-20(32)15-24(30)21(22)10-5-4-8-18(2)33-12-11-19-9-6-13-37(17-19)29(23)36-25;1-6-4-2-3-5-6/h14-16,19,33H,2-13,17,32H2,1H3;2-5H2,1H3. The number of pyridine rings is 1. The van der Waals surface area contributed by atoms with E-state index in [1.165, 1.54) is 32.4 Å². The summed E-state index contributed by atoms with van der Waals surface area (Å²) in [6, 6.07) is 3.51. The first-order valence-electron chi connectivity index (χ1n) is 16.1. The summed E-state index contributed by atoms with van der Waals surface area (Å²) in [5.41, 5.74) is 9.78. The fourth-order valence-corrected chi connectivity index (χ4v) is 6.85. The Balaban J connectivity index is 0.000000548. The van der Waals surface area contributed by atoms with Crippen LogP contribution in [0.4, 0.5) is 15.9 Å². The number of allylic oxidation sites excluding steroid dienone is 1. The van der Waals surface area contributed by atoms with Crippen LogP contribution in [0.2, 0.25) is 5.02 Å². The number of nitrogens with zero attached hydrogens (tertiary/aromatic N) is 5. The molecule has 7 rings (SSSR count). The molecule has 0 saturated carbocycles. The first-order chi connectivity index (χ1) is 20.8. The zero-order chi connectivity index (χ0) is 30.3. The molecule has 43 heavy (non-hydrogen) atoms. The third-order valence-electron chi connectivity index (χ3n) is 8.89. The Labute approximate surface area is 261 Å². The second-order valence-corrected chi connectivity index (χ2v) is 12.8.